The van der Waals surface area contributed by atoms with Crippen molar-refractivity contribution in [1.29, 1.82) is 0 Å². The standard InChI is InChI=1S/C8H12BrI/c9-8(10)6-7-4-2-1-3-5-7/h6-7H,1-5H2/b8-6+. The van der Waals surface area contributed by atoms with E-state index >= 15 is 0 Å². The molecule has 1 fully saturated rings. The van der Waals surface area contributed by atoms with Crippen molar-refractivity contribution in [3.8, 4) is 0 Å². The third-order valence-corrected chi connectivity index (χ3v) is 2.64. The van der Waals surface area contributed by atoms with Crippen molar-refractivity contribution in [3.05, 3.63) is 8.57 Å². The molecule has 0 N–H and O–H groups in total. The fourth-order valence-electron chi connectivity index (χ4n) is 1.48. The van der Waals surface area contributed by atoms with Gasteiger partial charge in [0.05, 0.1) is 2.49 Å². The Morgan fingerprint density at radius 2 is 1.90 bits per heavy atom. The van der Waals surface area contributed by atoms with Gasteiger partial charge in [0.15, 0.2) is 0 Å². The lowest BCUT2D eigenvalue weighted by molar-refractivity contribution is 0.420. The molecule has 0 aromatic rings. The maximum Gasteiger partial charge on any atom is 0.0522 e. The van der Waals surface area contributed by atoms with Gasteiger partial charge in [-0.3, -0.25) is 0 Å². The summed E-state index contributed by atoms with van der Waals surface area (Å²) in [6.07, 6.45) is 9.45. The number of allylic oxidation sites excluding steroid dienone is 1. The van der Waals surface area contributed by atoms with Gasteiger partial charge >= 0.3 is 0 Å². The summed E-state index contributed by atoms with van der Waals surface area (Å²) >= 11 is 5.78. The summed E-state index contributed by atoms with van der Waals surface area (Å²) in [5.74, 6) is 0.861. The molecule has 0 saturated heterocycles. The molecule has 1 saturated carbocycles. The molecular formula is C8H12BrI. The first-order valence-corrected chi connectivity index (χ1v) is 5.69. The molecule has 0 spiro atoms. The van der Waals surface area contributed by atoms with Crippen molar-refractivity contribution in [1.82, 2.24) is 0 Å². The highest BCUT2D eigenvalue weighted by molar-refractivity contribution is 14.1. The second-order valence-corrected chi connectivity index (χ2v) is 6.35. The van der Waals surface area contributed by atoms with Crippen LogP contribution in [0.25, 0.3) is 0 Å². The van der Waals surface area contributed by atoms with Crippen LogP contribution in [0, 0.1) is 5.92 Å². The van der Waals surface area contributed by atoms with Gasteiger partial charge < -0.3 is 0 Å². The van der Waals surface area contributed by atoms with Gasteiger partial charge in [-0.05, 0) is 57.3 Å². The summed E-state index contributed by atoms with van der Waals surface area (Å²) in [5, 5.41) is 0. The Morgan fingerprint density at radius 1 is 1.30 bits per heavy atom. The normalized spacial score (nSPS) is 23.2. The number of hydrogen-bond acceptors (Lipinski definition) is 0. The largest absolute Gasteiger partial charge is 0.0610 e. The molecule has 0 unspecified atom stereocenters. The van der Waals surface area contributed by atoms with Crippen LogP contribution in [0.4, 0.5) is 0 Å². The lowest BCUT2D eigenvalue weighted by Gasteiger charge is -2.17. The lowest BCUT2D eigenvalue weighted by Crippen LogP contribution is -2.02. The molecule has 0 aliphatic heterocycles. The van der Waals surface area contributed by atoms with Crippen molar-refractivity contribution in [3.63, 3.8) is 0 Å². The zero-order chi connectivity index (χ0) is 7.40. The van der Waals surface area contributed by atoms with Crippen LogP contribution in [0.1, 0.15) is 32.1 Å². The first-order chi connectivity index (χ1) is 4.79. The van der Waals surface area contributed by atoms with E-state index in [-0.39, 0.29) is 0 Å². The zero-order valence-corrected chi connectivity index (χ0v) is 9.69. The monoisotopic (exact) mass is 314 g/mol. The smallest absolute Gasteiger partial charge is 0.0522 e. The minimum Gasteiger partial charge on any atom is -0.0610 e. The zero-order valence-electron chi connectivity index (χ0n) is 5.95. The molecule has 0 aromatic carbocycles. The molecule has 0 radical (unpaired) electrons. The van der Waals surface area contributed by atoms with Crippen molar-refractivity contribution < 1.29 is 0 Å². The number of halogens is 2. The Morgan fingerprint density at radius 3 is 2.40 bits per heavy atom. The highest BCUT2D eigenvalue weighted by Gasteiger charge is 2.10. The average Bonchev–Trinajstić information content (AvgIpc) is 1.88. The number of rotatable bonds is 1. The van der Waals surface area contributed by atoms with Crippen LogP contribution < -0.4 is 0 Å². The highest BCUT2D eigenvalue weighted by atomic mass is 127. The predicted octanol–water partition coefficient (Wildman–Crippen LogP) is 4.24. The van der Waals surface area contributed by atoms with Crippen LogP contribution in [0.15, 0.2) is 8.57 Å². The summed E-state index contributed by atoms with van der Waals surface area (Å²) in [5.41, 5.74) is 0. The fraction of sp³-hybridized carbons (Fsp3) is 0.750. The van der Waals surface area contributed by atoms with Gasteiger partial charge in [0.1, 0.15) is 0 Å². The average molecular weight is 315 g/mol. The van der Waals surface area contributed by atoms with E-state index < -0.39 is 0 Å². The quantitative estimate of drug-likeness (QED) is 0.635. The lowest BCUT2D eigenvalue weighted by atomic mass is 9.90. The molecule has 0 bridgehead atoms. The second-order valence-electron chi connectivity index (χ2n) is 2.85. The Labute approximate surface area is 84.7 Å². The first kappa shape index (κ1) is 9.04. The van der Waals surface area contributed by atoms with Crippen molar-refractivity contribution in [2.45, 2.75) is 32.1 Å². The van der Waals surface area contributed by atoms with Gasteiger partial charge in [0.2, 0.25) is 0 Å². The van der Waals surface area contributed by atoms with Crippen LogP contribution in [0.2, 0.25) is 0 Å². The van der Waals surface area contributed by atoms with Gasteiger partial charge in [0, 0.05) is 0 Å². The van der Waals surface area contributed by atoms with E-state index in [1.165, 1.54) is 34.6 Å². The molecule has 10 heavy (non-hydrogen) atoms. The van der Waals surface area contributed by atoms with E-state index in [4.69, 9.17) is 0 Å². The van der Waals surface area contributed by atoms with Crippen molar-refractivity contribution in [2.75, 3.05) is 0 Å². The molecule has 1 rings (SSSR count). The molecule has 0 atom stereocenters. The third-order valence-electron chi connectivity index (χ3n) is 2.01. The van der Waals surface area contributed by atoms with Gasteiger partial charge in [-0.15, -0.1) is 0 Å². The predicted molar refractivity (Wildman–Crippen MR) is 57.6 cm³/mol. The van der Waals surface area contributed by atoms with E-state index in [1.807, 2.05) is 0 Å². The summed E-state index contributed by atoms with van der Waals surface area (Å²) in [4.78, 5) is 0. The van der Waals surface area contributed by atoms with E-state index in [0.29, 0.717) is 0 Å². The van der Waals surface area contributed by atoms with Crippen molar-refractivity contribution >= 4 is 38.5 Å². The maximum absolute atomic E-state index is 3.46. The van der Waals surface area contributed by atoms with E-state index in [2.05, 4.69) is 44.6 Å². The van der Waals surface area contributed by atoms with Crippen LogP contribution in [-0.2, 0) is 0 Å². The number of hydrogen-bond donors (Lipinski definition) is 0. The Kier molecular flexibility index (Phi) is 4.30. The topological polar surface area (TPSA) is 0 Å². The van der Waals surface area contributed by atoms with Crippen LogP contribution >= 0.6 is 38.5 Å². The van der Waals surface area contributed by atoms with Crippen LogP contribution in [0.5, 0.6) is 0 Å². The van der Waals surface area contributed by atoms with E-state index in [9.17, 15) is 0 Å². The summed E-state index contributed by atoms with van der Waals surface area (Å²) < 4.78 is 1.28. The second kappa shape index (κ2) is 4.75. The molecule has 0 amide bonds. The molecule has 0 nitrogen and oxygen atoms in total. The minimum atomic E-state index is 0.861. The third kappa shape index (κ3) is 3.37. The summed E-state index contributed by atoms with van der Waals surface area (Å²) in [6, 6.07) is 0. The Bertz CT molecular complexity index is 121. The summed E-state index contributed by atoms with van der Waals surface area (Å²) in [6.45, 7) is 0. The van der Waals surface area contributed by atoms with Gasteiger partial charge in [-0.1, -0.05) is 25.3 Å². The molecule has 0 heterocycles. The van der Waals surface area contributed by atoms with E-state index in [0.717, 1.165) is 5.92 Å². The Hall–Kier alpha value is 0.950. The highest BCUT2D eigenvalue weighted by Crippen LogP contribution is 2.28. The molecular weight excluding hydrogens is 303 g/mol. The minimum absolute atomic E-state index is 0.861. The fourth-order valence-corrected chi connectivity index (χ4v) is 2.36. The SMILES string of the molecule is Br/C(I)=C\C1CCCCC1. The van der Waals surface area contributed by atoms with Crippen LogP contribution in [-0.4, -0.2) is 0 Å². The Balaban J connectivity index is 2.33. The molecule has 1 aliphatic rings. The van der Waals surface area contributed by atoms with E-state index in [1.54, 1.807) is 0 Å². The van der Waals surface area contributed by atoms with Crippen molar-refractivity contribution in [2.24, 2.45) is 5.92 Å². The van der Waals surface area contributed by atoms with Crippen LogP contribution in [0.3, 0.4) is 0 Å². The molecule has 0 aromatic heterocycles. The van der Waals surface area contributed by atoms with Gasteiger partial charge in [-0.2, -0.15) is 0 Å². The van der Waals surface area contributed by atoms with Gasteiger partial charge in [-0.25, -0.2) is 0 Å². The van der Waals surface area contributed by atoms with Gasteiger partial charge in [0.25, 0.3) is 0 Å². The molecule has 58 valence electrons. The molecule has 2 heteroatoms. The molecule has 1 aliphatic carbocycles. The summed E-state index contributed by atoms with van der Waals surface area (Å²) in [7, 11) is 0. The maximum atomic E-state index is 3.46. The first-order valence-electron chi connectivity index (χ1n) is 3.82.